The van der Waals surface area contributed by atoms with Gasteiger partial charge in [-0.25, -0.2) is 4.39 Å². The molecule has 1 aromatic rings. The number of carbonyl (C=O) groups excluding carboxylic acids is 3. The van der Waals surface area contributed by atoms with Gasteiger partial charge in [-0.15, -0.1) is 0 Å². The van der Waals surface area contributed by atoms with Gasteiger partial charge in [0, 0.05) is 25.9 Å². The molecule has 2 fully saturated rings. The van der Waals surface area contributed by atoms with Crippen LogP contribution in [0, 0.1) is 11.7 Å². The molecule has 1 atom stereocenters. The number of anilines is 1. The predicted octanol–water partition coefficient (Wildman–Crippen LogP) is 2.15. The molecule has 3 rings (SSSR count). The van der Waals surface area contributed by atoms with Gasteiger partial charge in [0.15, 0.2) is 0 Å². The number of aldehydes is 1. The quantitative estimate of drug-likeness (QED) is 0.678. The van der Waals surface area contributed by atoms with Crippen LogP contribution in [0.15, 0.2) is 18.2 Å². The number of imide groups is 1. The standard InChI is InChI=1S/C18H21FN2O3/c19-15-11-13(14-2-4-17(23)20-18(14)24)1-3-16(15)21-8-5-12(6-9-21)7-10-22/h1,3,10-12,14H,2,4-9H2,(H,20,23,24). The maximum atomic E-state index is 14.5. The molecule has 128 valence electrons. The first-order valence-electron chi connectivity index (χ1n) is 8.40. The summed E-state index contributed by atoms with van der Waals surface area (Å²) in [5.41, 5.74) is 1.15. The first kappa shape index (κ1) is 16.6. The molecule has 0 bridgehead atoms. The molecule has 0 aromatic heterocycles. The van der Waals surface area contributed by atoms with E-state index in [9.17, 15) is 18.8 Å². The van der Waals surface area contributed by atoms with Gasteiger partial charge in [0.05, 0.1) is 11.6 Å². The number of nitrogens with zero attached hydrogens (tertiary/aromatic N) is 1. The fourth-order valence-corrected chi connectivity index (χ4v) is 3.55. The van der Waals surface area contributed by atoms with E-state index in [0.29, 0.717) is 30.0 Å². The van der Waals surface area contributed by atoms with Crippen molar-refractivity contribution in [2.24, 2.45) is 5.92 Å². The zero-order valence-corrected chi connectivity index (χ0v) is 13.5. The first-order valence-corrected chi connectivity index (χ1v) is 8.40. The highest BCUT2D eigenvalue weighted by Crippen LogP contribution is 2.31. The van der Waals surface area contributed by atoms with Gasteiger partial charge in [-0.2, -0.15) is 0 Å². The number of amides is 2. The van der Waals surface area contributed by atoms with Crippen molar-refractivity contribution in [1.82, 2.24) is 5.32 Å². The second-order valence-electron chi connectivity index (χ2n) is 6.55. The summed E-state index contributed by atoms with van der Waals surface area (Å²) >= 11 is 0. The molecule has 1 N–H and O–H groups in total. The van der Waals surface area contributed by atoms with Crippen LogP contribution < -0.4 is 10.2 Å². The molecule has 0 spiro atoms. The van der Waals surface area contributed by atoms with Gasteiger partial charge in [0.2, 0.25) is 11.8 Å². The third-order valence-corrected chi connectivity index (χ3v) is 5.00. The maximum Gasteiger partial charge on any atom is 0.234 e. The molecule has 2 aliphatic rings. The monoisotopic (exact) mass is 332 g/mol. The van der Waals surface area contributed by atoms with E-state index < -0.39 is 5.92 Å². The van der Waals surface area contributed by atoms with Gasteiger partial charge in [0.1, 0.15) is 12.1 Å². The van der Waals surface area contributed by atoms with Crippen LogP contribution in [0.25, 0.3) is 0 Å². The predicted molar refractivity (Wildman–Crippen MR) is 87.1 cm³/mol. The van der Waals surface area contributed by atoms with Gasteiger partial charge in [-0.3, -0.25) is 14.9 Å². The molecule has 0 radical (unpaired) electrons. The average molecular weight is 332 g/mol. The third-order valence-electron chi connectivity index (χ3n) is 5.00. The number of benzene rings is 1. The van der Waals surface area contributed by atoms with E-state index in [1.807, 2.05) is 4.90 Å². The molecule has 5 nitrogen and oxygen atoms in total. The highest BCUT2D eigenvalue weighted by Gasteiger charge is 2.29. The average Bonchev–Trinajstić information content (AvgIpc) is 2.56. The second-order valence-corrected chi connectivity index (χ2v) is 6.55. The Hall–Kier alpha value is -2.24. The van der Waals surface area contributed by atoms with Crippen molar-refractivity contribution in [3.05, 3.63) is 29.6 Å². The summed E-state index contributed by atoms with van der Waals surface area (Å²) < 4.78 is 14.5. The van der Waals surface area contributed by atoms with E-state index in [0.717, 1.165) is 32.2 Å². The van der Waals surface area contributed by atoms with Gasteiger partial charge in [-0.1, -0.05) is 6.07 Å². The Balaban J connectivity index is 1.70. The molecular formula is C18H21FN2O3. The molecule has 2 aliphatic heterocycles. The number of hydrogen-bond acceptors (Lipinski definition) is 4. The molecule has 0 aliphatic carbocycles. The molecule has 2 saturated heterocycles. The van der Waals surface area contributed by atoms with Crippen LogP contribution in [0.1, 0.15) is 43.6 Å². The Morgan fingerprint density at radius 3 is 2.58 bits per heavy atom. The number of hydrogen-bond donors (Lipinski definition) is 1. The highest BCUT2D eigenvalue weighted by molar-refractivity contribution is 6.00. The number of halogens is 1. The summed E-state index contributed by atoms with van der Waals surface area (Å²) in [6, 6.07) is 4.90. The fourth-order valence-electron chi connectivity index (χ4n) is 3.55. The van der Waals surface area contributed by atoms with E-state index in [2.05, 4.69) is 5.32 Å². The van der Waals surface area contributed by atoms with E-state index in [-0.39, 0.29) is 24.1 Å². The van der Waals surface area contributed by atoms with E-state index >= 15 is 0 Å². The lowest BCUT2D eigenvalue weighted by molar-refractivity contribution is -0.134. The minimum absolute atomic E-state index is 0.272. The van der Waals surface area contributed by atoms with Crippen LogP contribution in [-0.4, -0.2) is 31.2 Å². The van der Waals surface area contributed by atoms with Crippen LogP contribution >= 0.6 is 0 Å². The van der Waals surface area contributed by atoms with Crippen LogP contribution in [-0.2, 0) is 14.4 Å². The molecule has 24 heavy (non-hydrogen) atoms. The lowest BCUT2D eigenvalue weighted by Gasteiger charge is -2.33. The summed E-state index contributed by atoms with van der Waals surface area (Å²) in [7, 11) is 0. The number of carbonyl (C=O) groups is 3. The molecular weight excluding hydrogens is 311 g/mol. The number of piperidine rings is 2. The van der Waals surface area contributed by atoms with Gasteiger partial charge in [0.25, 0.3) is 0 Å². The van der Waals surface area contributed by atoms with Crippen LogP contribution in [0.5, 0.6) is 0 Å². The zero-order valence-electron chi connectivity index (χ0n) is 13.5. The van der Waals surface area contributed by atoms with Crippen molar-refractivity contribution < 1.29 is 18.8 Å². The van der Waals surface area contributed by atoms with Gasteiger partial charge in [-0.05, 0) is 42.9 Å². The largest absolute Gasteiger partial charge is 0.369 e. The minimum Gasteiger partial charge on any atom is -0.369 e. The highest BCUT2D eigenvalue weighted by atomic mass is 19.1. The minimum atomic E-state index is -0.468. The van der Waals surface area contributed by atoms with Crippen molar-refractivity contribution in [2.75, 3.05) is 18.0 Å². The van der Waals surface area contributed by atoms with Crippen LogP contribution in [0.2, 0.25) is 0 Å². The fraction of sp³-hybridized carbons (Fsp3) is 0.500. The molecule has 1 aromatic carbocycles. The van der Waals surface area contributed by atoms with E-state index in [1.165, 1.54) is 6.07 Å². The third kappa shape index (κ3) is 3.47. The van der Waals surface area contributed by atoms with Crippen molar-refractivity contribution in [2.45, 2.75) is 38.0 Å². The van der Waals surface area contributed by atoms with E-state index in [4.69, 9.17) is 0 Å². The zero-order chi connectivity index (χ0) is 17.1. The number of rotatable bonds is 4. The van der Waals surface area contributed by atoms with E-state index in [1.54, 1.807) is 12.1 Å². The smallest absolute Gasteiger partial charge is 0.234 e. The molecule has 2 amide bonds. The van der Waals surface area contributed by atoms with Crippen LogP contribution in [0.3, 0.4) is 0 Å². The summed E-state index contributed by atoms with van der Waals surface area (Å²) in [6.07, 6.45) is 3.99. The maximum absolute atomic E-state index is 14.5. The van der Waals surface area contributed by atoms with Gasteiger partial charge < -0.3 is 9.69 Å². The molecule has 0 saturated carbocycles. The Kier molecular flexibility index (Phi) is 4.92. The molecule has 6 heteroatoms. The summed E-state index contributed by atoms with van der Waals surface area (Å²) in [5, 5.41) is 2.30. The Morgan fingerprint density at radius 1 is 1.21 bits per heavy atom. The lowest BCUT2D eigenvalue weighted by atomic mass is 9.90. The second kappa shape index (κ2) is 7.11. The van der Waals surface area contributed by atoms with Crippen molar-refractivity contribution in [1.29, 1.82) is 0 Å². The van der Waals surface area contributed by atoms with Crippen LogP contribution in [0.4, 0.5) is 10.1 Å². The summed E-state index contributed by atoms with van der Waals surface area (Å²) in [6.45, 7) is 1.46. The Bertz CT molecular complexity index is 654. The Morgan fingerprint density at radius 2 is 1.96 bits per heavy atom. The summed E-state index contributed by atoms with van der Waals surface area (Å²) in [4.78, 5) is 35.7. The van der Waals surface area contributed by atoms with Crippen molar-refractivity contribution in [3.8, 4) is 0 Å². The summed E-state index contributed by atoms with van der Waals surface area (Å²) in [5.74, 6) is -1.04. The van der Waals surface area contributed by atoms with Gasteiger partial charge >= 0.3 is 0 Å². The molecule has 2 heterocycles. The Labute approximate surface area is 140 Å². The molecule has 1 unspecified atom stereocenters. The first-order chi connectivity index (χ1) is 11.6. The normalized spacial score (nSPS) is 22.4. The van der Waals surface area contributed by atoms with Crippen molar-refractivity contribution >= 4 is 23.8 Å². The number of nitrogens with one attached hydrogen (secondary N) is 1. The topological polar surface area (TPSA) is 66.5 Å². The SMILES string of the molecule is O=CCC1CCN(c2ccc(C3CCC(=O)NC3=O)cc2F)CC1. The lowest BCUT2D eigenvalue weighted by Crippen LogP contribution is -2.39. The van der Waals surface area contributed by atoms with Crippen molar-refractivity contribution in [3.63, 3.8) is 0 Å².